The molecule has 4 nitrogen and oxygen atoms in total. The average Bonchev–Trinajstić information content (AvgIpc) is 2.33. The summed E-state index contributed by atoms with van der Waals surface area (Å²) >= 11 is 5.88. The summed E-state index contributed by atoms with van der Waals surface area (Å²) in [4.78, 5) is 23.2. The number of nitrogens with one attached hydrogen (secondary N) is 1. The van der Waals surface area contributed by atoms with E-state index >= 15 is 0 Å². The first kappa shape index (κ1) is 13.2. The van der Waals surface area contributed by atoms with Crippen molar-refractivity contribution in [3.05, 3.63) is 34.3 Å². The number of rotatable bonds is 3. The van der Waals surface area contributed by atoms with Crippen LogP contribution >= 0.6 is 11.6 Å². The molecule has 0 bridgehead atoms. The van der Waals surface area contributed by atoms with Crippen molar-refractivity contribution in [3.8, 4) is 6.07 Å². The van der Waals surface area contributed by atoms with Crippen LogP contribution in [0.4, 0.5) is 0 Å². The van der Waals surface area contributed by atoms with Gasteiger partial charge in [0.15, 0.2) is 11.7 Å². The van der Waals surface area contributed by atoms with E-state index in [1.54, 1.807) is 25.1 Å². The number of benzene rings is 1. The molecule has 17 heavy (non-hydrogen) atoms. The molecule has 0 saturated carbocycles. The lowest BCUT2D eigenvalue weighted by Crippen LogP contribution is -2.32. The van der Waals surface area contributed by atoms with E-state index < -0.39 is 17.6 Å². The van der Waals surface area contributed by atoms with Crippen molar-refractivity contribution in [2.75, 3.05) is 7.05 Å². The van der Waals surface area contributed by atoms with Crippen molar-refractivity contribution in [3.63, 3.8) is 0 Å². The van der Waals surface area contributed by atoms with Crippen molar-refractivity contribution in [1.82, 2.24) is 5.32 Å². The van der Waals surface area contributed by atoms with Crippen molar-refractivity contribution >= 4 is 23.3 Å². The summed E-state index contributed by atoms with van der Waals surface area (Å²) in [5.41, 5.74) is 1.09. The Hall–Kier alpha value is -1.86. The van der Waals surface area contributed by atoms with E-state index in [9.17, 15) is 9.59 Å². The topological polar surface area (TPSA) is 70.0 Å². The highest BCUT2D eigenvalue weighted by atomic mass is 35.5. The summed E-state index contributed by atoms with van der Waals surface area (Å²) in [6, 6.07) is 6.37. The molecule has 88 valence electrons. The monoisotopic (exact) mass is 250 g/mol. The van der Waals surface area contributed by atoms with Gasteiger partial charge in [0.25, 0.3) is 0 Å². The van der Waals surface area contributed by atoms with E-state index in [-0.39, 0.29) is 5.56 Å². The standard InChI is InChI=1S/C12H11ClN2O2/c1-7-3-4-8(5-10(7)13)11(16)9(6-14)12(17)15-2/h3-5,9H,1-2H3,(H,15,17)/t9-/m0/s1. The molecule has 0 aliphatic heterocycles. The SMILES string of the molecule is CNC(=O)[C@@H](C#N)C(=O)c1ccc(C)c(Cl)c1. The Labute approximate surface area is 104 Å². The van der Waals surface area contributed by atoms with Crippen LogP contribution in [-0.4, -0.2) is 18.7 Å². The maximum absolute atomic E-state index is 11.9. The van der Waals surface area contributed by atoms with Crippen LogP contribution in [0.25, 0.3) is 0 Å². The summed E-state index contributed by atoms with van der Waals surface area (Å²) in [5, 5.41) is 11.5. The average molecular weight is 251 g/mol. The molecule has 1 amide bonds. The first-order chi connectivity index (χ1) is 8.01. The minimum Gasteiger partial charge on any atom is -0.358 e. The maximum atomic E-state index is 11.9. The van der Waals surface area contributed by atoms with E-state index in [1.165, 1.54) is 13.1 Å². The molecule has 0 fully saturated rings. The van der Waals surface area contributed by atoms with Gasteiger partial charge in [0.2, 0.25) is 5.91 Å². The molecule has 0 aliphatic rings. The zero-order chi connectivity index (χ0) is 13.0. The van der Waals surface area contributed by atoms with Gasteiger partial charge < -0.3 is 5.32 Å². The number of hydrogen-bond donors (Lipinski definition) is 1. The summed E-state index contributed by atoms with van der Waals surface area (Å²) in [6.45, 7) is 1.80. The Morgan fingerprint density at radius 1 is 1.47 bits per heavy atom. The van der Waals surface area contributed by atoms with Gasteiger partial charge in [-0.3, -0.25) is 9.59 Å². The van der Waals surface area contributed by atoms with Gasteiger partial charge in [0.05, 0.1) is 6.07 Å². The lowest BCUT2D eigenvalue weighted by atomic mass is 9.97. The maximum Gasteiger partial charge on any atom is 0.245 e. The number of carbonyl (C=O) groups is 2. The van der Waals surface area contributed by atoms with Crippen LogP contribution < -0.4 is 5.32 Å². The van der Waals surface area contributed by atoms with Crippen molar-refractivity contribution in [1.29, 1.82) is 5.26 Å². The third kappa shape index (κ3) is 2.83. The Morgan fingerprint density at radius 3 is 2.59 bits per heavy atom. The zero-order valence-electron chi connectivity index (χ0n) is 9.45. The number of halogens is 1. The summed E-state index contributed by atoms with van der Waals surface area (Å²) < 4.78 is 0. The highest BCUT2D eigenvalue weighted by molar-refractivity contribution is 6.31. The van der Waals surface area contributed by atoms with Gasteiger partial charge in [0.1, 0.15) is 0 Å². The van der Waals surface area contributed by atoms with Gasteiger partial charge in [0, 0.05) is 17.6 Å². The molecule has 0 unspecified atom stereocenters. The Balaban J connectivity index is 3.07. The molecule has 1 N–H and O–H groups in total. The third-order valence-electron chi connectivity index (χ3n) is 2.36. The molecule has 0 aromatic heterocycles. The molecular formula is C12H11ClN2O2. The molecule has 5 heteroatoms. The van der Waals surface area contributed by atoms with Crippen LogP contribution in [0.1, 0.15) is 15.9 Å². The highest BCUT2D eigenvalue weighted by Gasteiger charge is 2.26. The van der Waals surface area contributed by atoms with Gasteiger partial charge in [-0.2, -0.15) is 5.26 Å². The zero-order valence-corrected chi connectivity index (χ0v) is 10.2. The van der Waals surface area contributed by atoms with Crippen molar-refractivity contribution < 1.29 is 9.59 Å². The van der Waals surface area contributed by atoms with Crippen molar-refractivity contribution in [2.24, 2.45) is 5.92 Å². The first-order valence-corrected chi connectivity index (χ1v) is 5.30. The molecule has 0 radical (unpaired) electrons. The molecule has 0 saturated heterocycles. The van der Waals surface area contributed by atoms with Gasteiger partial charge >= 0.3 is 0 Å². The minimum atomic E-state index is -1.33. The first-order valence-electron chi connectivity index (χ1n) is 4.92. The fourth-order valence-corrected chi connectivity index (χ4v) is 1.47. The number of Topliss-reactive ketones (excluding diaryl/α,β-unsaturated/α-hetero) is 1. The van der Waals surface area contributed by atoms with Crippen LogP contribution in [0, 0.1) is 24.2 Å². The van der Waals surface area contributed by atoms with E-state index in [0.717, 1.165) is 5.56 Å². The lowest BCUT2D eigenvalue weighted by molar-refractivity contribution is -0.121. The summed E-state index contributed by atoms with van der Waals surface area (Å²) in [6.07, 6.45) is 0. The van der Waals surface area contributed by atoms with Crippen LogP contribution in [0.2, 0.25) is 5.02 Å². The predicted molar refractivity (Wildman–Crippen MR) is 63.7 cm³/mol. The molecule has 0 aliphatic carbocycles. The lowest BCUT2D eigenvalue weighted by Gasteiger charge is -2.07. The highest BCUT2D eigenvalue weighted by Crippen LogP contribution is 2.19. The molecule has 1 aromatic carbocycles. The molecule has 0 spiro atoms. The summed E-state index contributed by atoms with van der Waals surface area (Å²) in [7, 11) is 1.38. The van der Waals surface area contributed by atoms with Crippen LogP contribution in [0.5, 0.6) is 0 Å². The van der Waals surface area contributed by atoms with Crippen molar-refractivity contribution in [2.45, 2.75) is 6.92 Å². The quantitative estimate of drug-likeness (QED) is 0.656. The van der Waals surface area contributed by atoms with Gasteiger partial charge in [-0.15, -0.1) is 0 Å². The van der Waals surface area contributed by atoms with Crippen LogP contribution in [-0.2, 0) is 4.79 Å². The largest absolute Gasteiger partial charge is 0.358 e. The predicted octanol–water partition coefficient (Wildman–Crippen LogP) is 1.72. The number of amides is 1. The second-order valence-corrected chi connectivity index (χ2v) is 3.91. The second-order valence-electron chi connectivity index (χ2n) is 3.50. The van der Waals surface area contributed by atoms with Gasteiger partial charge in [-0.25, -0.2) is 0 Å². The fourth-order valence-electron chi connectivity index (χ4n) is 1.29. The molecule has 1 rings (SSSR count). The number of ketones is 1. The molecule has 1 atom stereocenters. The van der Waals surface area contributed by atoms with E-state index in [4.69, 9.17) is 16.9 Å². The molecule has 1 aromatic rings. The number of nitrogens with zero attached hydrogens (tertiary/aromatic N) is 1. The Morgan fingerprint density at radius 2 is 2.12 bits per heavy atom. The fraction of sp³-hybridized carbons (Fsp3) is 0.250. The van der Waals surface area contributed by atoms with Crippen LogP contribution in [0.3, 0.4) is 0 Å². The van der Waals surface area contributed by atoms with E-state index in [0.29, 0.717) is 5.02 Å². The number of nitriles is 1. The molecule has 0 heterocycles. The van der Waals surface area contributed by atoms with Gasteiger partial charge in [-0.1, -0.05) is 23.7 Å². The number of hydrogen-bond acceptors (Lipinski definition) is 3. The Bertz CT molecular complexity index is 506. The molecular weight excluding hydrogens is 240 g/mol. The second kappa shape index (κ2) is 5.46. The van der Waals surface area contributed by atoms with E-state index in [1.807, 2.05) is 0 Å². The number of carbonyl (C=O) groups excluding carboxylic acids is 2. The van der Waals surface area contributed by atoms with Gasteiger partial charge in [-0.05, 0) is 18.6 Å². The number of aryl methyl sites for hydroxylation is 1. The Kier molecular flexibility index (Phi) is 4.24. The normalized spacial score (nSPS) is 11.4. The smallest absolute Gasteiger partial charge is 0.245 e. The van der Waals surface area contributed by atoms with E-state index in [2.05, 4.69) is 5.32 Å². The minimum absolute atomic E-state index is 0.260. The third-order valence-corrected chi connectivity index (χ3v) is 2.76. The summed E-state index contributed by atoms with van der Waals surface area (Å²) in [5.74, 6) is -2.50. The van der Waals surface area contributed by atoms with Crippen LogP contribution in [0.15, 0.2) is 18.2 Å².